The molecule has 1 aromatic carbocycles. The predicted molar refractivity (Wildman–Crippen MR) is 111 cm³/mol. The van der Waals surface area contributed by atoms with Crippen LogP contribution >= 0.6 is 11.8 Å². The minimum absolute atomic E-state index is 0.171. The summed E-state index contributed by atoms with van der Waals surface area (Å²) in [6.45, 7) is 4.54. The normalized spacial score (nSPS) is 17.5. The van der Waals surface area contributed by atoms with Gasteiger partial charge in [0.2, 0.25) is 5.91 Å². The second kappa shape index (κ2) is 9.41. The highest BCUT2D eigenvalue weighted by molar-refractivity contribution is 7.99. The molecule has 0 spiro atoms. The lowest BCUT2D eigenvalue weighted by molar-refractivity contribution is -0.124. The minimum Gasteiger partial charge on any atom is -0.336 e. The molecule has 2 aromatic rings. The van der Waals surface area contributed by atoms with Gasteiger partial charge in [-0.1, -0.05) is 48.5 Å². The number of aromatic nitrogens is 3. The van der Waals surface area contributed by atoms with Gasteiger partial charge in [-0.05, 0) is 31.5 Å². The van der Waals surface area contributed by atoms with Crippen molar-refractivity contribution in [2.24, 2.45) is 0 Å². The molecule has 2 aliphatic rings. The number of benzene rings is 1. The molecule has 0 unspecified atom stereocenters. The number of carbonyl (C=O) groups excluding carboxylic acids is 2. The highest BCUT2D eigenvalue weighted by Crippen LogP contribution is 2.21. The first-order chi connectivity index (χ1) is 14.2. The fourth-order valence-corrected chi connectivity index (χ4v) is 4.53. The molecule has 0 bridgehead atoms. The molecule has 2 saturated heterocycles. The molecular weight excluding hydrogens is 388 g/mol. The van der Waals surface area contributed by atoms with E-state index in [0.717, 1.165) is 25.5 Å². The van der Waals surface area contributed by atoms with Crippen LogP contribution in [0.1, 0.15) is 30.7 Å². The fourth-order valence-electron chi connectivity index (χ4n) is 3.70. The number of hydrogen-bond donors (Lipinski definition) is 1. The second-order valence-electron chi connectivity index (χ2n) is 7.37. The van der Waals surface area contributed by atoms with Gasteiger partial charge in [0, 0.05) is 13.1 Å². The van der Waals surface area contributed by atoms with Crippen LogP contribution in [0.15, 0.2) is 35.5 Å². The highest BCUT2D eigenvalue weighted by Gasteiger charge is 2.27. The molecule has 2 fully saturated rings. The topological polar surface area (TPSA) is 83.4 Å². The quantitative estimate of drug-likeness (QED) is 0.698. The standard InChI is InChI=1S/C20H26N6O2S/c27-18(25-12-9-21-19(25)28)15-29-20-23-22-17(14-24-10-5-2-6-11-24)26(20)13-16-7-3-1-4-8-16/h1,3-4,7-8H,2,5-6,9-15H2,(H,21,28). The van der Waals surface area contributed by atoms with Gasteiger partial charge in [-0.3, -0.25) is 14.6 Å². The first kappa shape index (κ1) is 19.9. The number of carbonyl (C=O) groups is 2. The molecule has 0 aliphatic carbocycles. The van der Waals surface area contributed by atoms with Gasteiger partial charge >= 0.3 is 6.03 Å². The van der Waals surface area contributed by atoms with Gasteiger partial charge in [0.25, 0.3) is 0 Å². The Bertz CT molecular complexity index is 850. The summed E-state index contributed by atoms with van der Waals surface area (Å²) in [4.78, 5) is 27.8. The van der Waals surface area contributed by atoms with Crippen LogP contribution < -0.4 is 5.32 Å². The van der Waals surface area contributed by atoms with Crippen LogP contribution in [0.4, 0.5) is 4.79 Å². The maximum Gasteiger partial charge on any atom is 0.324 e. The van der Waals surface area contributed by atoms with Gasteiger partial charge in [0.15, 0.2) is 5.16 Å². The average molecular weight is 415 g/mol. The van der Waals surface area contributed by atoms with Crippen LogP contribution in [0.2, 0.25) is 0 Å². The number of hydrogen-bond acceptors (Lipinski definition) is 6. The Morgan fingerprint density at radius 2 is 1.83 bits per heavy atom. The lowest BCUT2D eigenvalue weighted by Gasteiger charge is -2.26. The summed E-state index contributed by atoms with van der Waals surface area (Å²) in [7, 11) is 0. The number of imide groups is 1. The number of nitrogens with zero attached hydrogens (tertiary/aromatic N) is 5. The molecule has 4 rings (SSSR count). The zero-order chi connectivity index (χ0) is 20.1. The van der Waals surface area contributed by atoms with Crippen LogP contribution in [0.3, 0.4) is 0 Å². The molecule has 154 valence electrons. The average Bonchev–Trinajstić information content (AvgIpc) is 3.34. The van der Waals surface area contributed by atoms with Crippen LogP contribution in [0.25, 0.3) is 0 Å². The number of likely N-dealkylation sites (tertiary alicyclic amines) is 1. The molecule has 3 heterocycles. The van der Waals surface area contributed by atoms with Crippen molar-refractivity contribution < 1.29 is 9.59 Å². The third-order valence-corrected chi connectivity index (χ3v) is 6.22. The van der Waals surface area contributed by atoms with E-state index in [1.54, 1.807) is 0 Å². The third kappa shape index (κ3) is 4.97. The van der Waals surface area contributed by atoms with Crippen molar-refractivity contribution in [2.45, 2.75) is 37.5 Å². The van der Waals surface area contributed by atoms with Crippen molar-refractivity contribution in [2.75, 3.05) is 31.9 Å². The summed E-state index contributed by atoms with van der Waals surface area (Å²) in [5.41, 5.74) is 1.17. The molecule has 1 aromatic heterocycles. The van der Waals surface area contributed by atoms with Gasteiger partial charge in [0.1, 0.15) is 5.82 Å². The van der Waals surface area contributed by atoms with E-state index in [1.165, 1.54) is 41.5 Å². The van der Waals surface area contributed by atoms with Crippen molar-refractivity contribution in [3.63, 3.8) is 0 Å². The lowest BCUT2D eigenvalue weighted by Crippen LogP contribution is -2.35. The van der Waals surface area contributed by atoms with E-state index in [0.29, 0.717) is 24.8 Å². The Balaban J connectivity index is 1.49. The number of rotatable bonds is 7. The second-order valence-corrected chi connectivity index (χ2v) is 8.32. The summed E-state index contributed by atoms with van der Waals surface area (Å²) in [5, 5.41) is 12.2. The Morgan fingerprint density at radius 3 is 2.55 bits per heavy atom. The summed E-state index contributed by atoms with van der Waals surface area (Å²) in [5.74, 6) is 0.894. The Hall–Kier alpha value is -2.39. The predicted octanol–water partition coefficient (Wildman–Crippen LogP) is 1.96. The van der Waals surface area contributed by atoms with Gasteiger partial charge in [-0.25, -0.2) is 4.79 Å². The fraction of sp³-hybridized carbons (Fsp3) is 0.500. The van der Waals surface area contributed by atoms with E-state index in [1.807, 2.05) is 18.2 Å². The molecule has 2 aliphatic heterocycles. The first-order valence-corrected chi connectivity index (χ1v) is 11.1. The van der Waals surface area contributed by atoms with E-state index in [2.05, 4.69) is 37.1 Å². The SMILES string of the molecule is O=C(CSc1nnc(CN2CCCCC2)n1Cc1ccccc1)N1CCNC1=O. The molecule has 0 atom stereocenters. The zero-order valence-electron chi connectivity index (χ0n) is 16.4. The maximum absolute atomic E-state index is 12.4. The van der Waals surface area contributed by atoms with E-state index >= 15 is 0 Å². The Kier molecular flexibility index (Phi) is 6.46. The van der Waals surface area contributed by atoms with E-state index < -0.39 is 0 Å². The van der Waals surface area contributed by atoms with Crippen LogP contribution in [0.5, 0.6) is 0 Å². The molecule has 3 amide bonds. The Morgan fingerprint density at radius 1 is 1.03 bits per heavy atom. The first-order valence-electron chi connectivity index (χ1n) is 10.1. The summed E-state index contributed by atoms with van der Waals surface area (Å²) < 4.78 is 2.10. The number of amides is 3. The third-order valence-electron chi connectivity index (χ3n) is 5.27. The van der Waals surface area contributed by atoms with Crippen LogP contribution in [0, 0.1) is 0 Å². The molecule has 1 N–H and O–H groups in total. The molecule has 29 heavy (non-hydrogen) atoms. The van der Waals surface area contributed by atoms with Crippen molar-refractivity contribution in [3.05, 3.63) is 41.7 Å². The van der Waals surface area contributed by atoms with Gasteiger partial charge in [0.05, 0.1) is 18.8 Å². The molecule has 0 saturated carbocycles. The Labute approximate surface area is 174 Å². The molecule has 9 heteroatoms. The minimum atomic E-state index is -0.313. The van der Waals surface area contributed by atoms with Crippen molar-refractivity contribution in [1.29, 1.82) is 0 Å². The molecule has 8 nitrogen and oxygen atoms in total. The summed E-state index contributed by atoms with van der Waals surface area (Å²) in [6.07, 6.45) is 3.74. The van der Waals surface area contributed by atoms with Crippen molar-refractivity contribution in [3.8, 4) is 0 Å². The summed E-state index contributed by atoms with van der Waals surface area (Å²) >= 11 is 1.35. The number of nitrogens with one attached hydrogen (secondary N) is 1. The lowest BCUT2D eigenvalue weighted by atomic mass is 10.1. The number of thioether (sulfide) groups is 1. The smallest absolute Gasteiger partial charge is 0.324 e. The number of piperidine rings is 1. The van der Waals surface area contributed by atoms with E-state index in [-0.39, 0.29) is 17.7 Å². The number of urea groups is 1. The van der Waals surface area contributed by atoms with Gasteiger partial charge in [-0.15, -0.1) is 10.2 Å². The molecular formula is C20H26N6O2S. The monoisotopic (exact) mass is 414 g/mol. The largest absolute Gasteiger partial charge is 0.336 e. The van der Waals surface area contributed by atoms with Crippen molar-refractivity contribution in [1.82, 2.24) is 29.9 Å². The van der Waals surface area contributed by atoms with Gasteiger partial charge in [-0.2, -0.15) is 0 Å². The van der Waals surface area contributed by atoms with Crippen LogP contribution in [-0.2, 0) is 17.9 Å². The van der Waals surface area contributed by atoms with Gasteiger partial charge < -0.3 is 9.88 Å². The van der Waals surface area contributed by atoms with Crippen LogP contribution in [-0.4, -0.2) is 68.4 Å². The maximum atomic E-state index is 12.4. The zero-order valence-corrected chi connectivity index (χ0v) is 17.2. The van der Waals surface area contributed by atoms with E-state index in [9.17, 15) is 9.59 Å². The summed E-state index contributed by atoms with van der Waals surface area (Å²) in [6, 6.07) is 9.89. The van der Waals surface area contributed by atoms with Crippen molar-refractivity contribution >= 4 is 23.7 Å². The molecule has 0 radical (unpaired) electrons. The highest BCUT2D eigenvalue weighted by atomic mass is 32.2. The van der Waals surface area contributed by atoms with E-state index in [4.69, 9.17) is 0 Å².